The van der Waals surface area contributed by atoms with Gasteiger partial charge in [0.2, 0.25) is 5.95 Å². The smallest absolute Gasteiger partial charge is 0.205 e. The lowest BCUT2D eigenvalue weighted by Crippen LogP contribution is -2.26. The van der Waals surface area contributed by atoms with Crippen LogP contribution in [-0.2, 0) is 0 Å². The molecule has 0 aliphatic heterocycles. The van der Waals surface area contributed by atoms with Gasteiger partial charge in [-0.15, -0.1) is 0 Å². The van der Waals surface area contributed by atoms with E-state index in [0.717, 1.165) is 25.5 Å². The van der Waals surface area contributed by atoms with Crippen molar-refractivity contribution in [1.82, 2.24) is 9.55 Å². The van der Waals surface area contributed by atoms with Gasteiger partial charge in [0.25, 0.3) is 0 Å². The average molecular weight is 236 g/mol. The second-order valence-electron chi connectivity index (χ2n) is 4.99. The van der Waals surface area contributed by atoms with E-state index in [2.05, 4.69) is 27.7 Å². The molecule has 0 unspecified atom stereocenters. The van der Waals surface area contributed by atoms with Crippen molar-refractivity contribution in [3.8, 4) is 0 Å². The molecule has 0 amide bonds. The van der Waals surface area contributed by atoms with Crippen molar-refractivity contribution in [2.24, 2.45) is 5.73 Å². The normalized spacial score (nSPS) is 17.3. The highest BCUT2D eigenvalue weighted by Crippen LogP contribution is 2.30. The van der Waals surface area contributed by atoms with E-state index in [-0.39, 0.29) is 0 Å². The van der Waals surface area contributed by atoms with Crippen molar-refractivity contribution in [3.63, 3.8) is 0 Å². The van der Waals surface area contributed by atoms with Gasteiger partial charge in [-0.3, -0.25) is 0 Å². The van der Waals surface area contributed by atoms with Crippen LogP contribution in [0.25, 0.3) is 0 Å². The zero-order chi connectivity index (χ0) is 12.1. The van der Waals surface area contributed by atoms with Gasteiger partial charge in [0.05, 0.1) is 0 Å². The second kappa shape index (κ2) is 6.05. The molecule has 1 saturated carbocycles. The third-order valence-corrected chi connectivity index (χ3v) is 3.66. The Hall–Kier alpha value is -1.03. The number of hydrogen-bond donors (Lipinski definition) is 1. The molecule has 1 aromatic rings. The summed E-state index contributed by atoms with van der Waals surface area (Å²) in [4.78, 5) is 6.72. The van der Waals surface area contributed by atoms with Crippen molar-refractivity contribution < 1.29 is 0 Å². The van der Waals surface area contributed by atoms with E-state index >= 15 is 0 Å². The van der Waals surface area contributed by atoms with Crippen LogP contribution in [0.15, 0.2) is 12.4 Å². The number of rotatable bonds is 5. The fourth-order valence-electron chi connectivity index (χ4n) is 2.67. The predicted octanol–water partition coefficient (Wildman–Crippen LogP) is 2.17. The molecule has 1 heterocycles. The maximum Gasteiger partial charge on any atom is 0.205 e. The number of anilines is 1. The summed E-state index contributed by atoms with van der Waals surface area (Å²) in [5, 5.41) is 0. The van der Waals surface area contributed by atoms with Crippen LogP contribution in [0, 0.1) is 0 Å². The van der Waals surface area contributed by atoms with Crippen LogP contribution in [0.2, 0.25) is 0 Å². The average Bonchev–Trinajstić information content (AvgIpc) is 2.86. The quantitative estimate of drug-likeness (QED) is 0.852. The number of hydrogen-bond acceptors (Lipinski definition) is 3. The van der Waals surface area contributed by atoms with E-state index in [1.807, 2.05) is 6.20 Å². The van der Waals surface area contributed by atoms with Crippen molar-refractivity contribution in [2.45, 2.75) is 44.6 Å². The molecular weight excluding hydrogens is 212 g/mol. The summed E-state index contributed by atoms with van der Waals surface area (Å²) in [5.41, 5.74) is 5.56. The fourth-order valence-corrected chi connectivity index (χ4v) is 2.67. The first-order chi connectivity index (χ1) is 8.33. The van der Waals surface area contributed by atoms with Crippen LogP contribution < -0.4 is 10.6 Å². The van der Waals surface area contributed by atoms with Crippen LogP contribution in [0.4, 0.5) is 5.95 Å². The van der Waals surface area contributed by atoms with Crippen LogP contribution in [0.3, 0.4) is 0 Å². The van der Waals surface area contributed by atoms with Gasteiger partial charge < -0.3 is 15.2 Å². The van der Waals surface area contributed by atoms with Gasteiger partial charge in [-0.05, 0) is 25.8 Å². The van der Waals surface area contributed by atoms with Crippen molar-refractivity contribution in [2.75, 3.05) is 25.0 Å². The van der Waals surface area contributed by atoms with Gasteiger partial charge in [0.1, 0.15) is 0 Å². The highest BCUT2D eigenvalue weighted by Gasteiger charge is 2.19. The van der Waals surface area contributed by atoms with Crippen LogP contribution >= 0.6 is 0 Å². The number of aromatic nitrogens is 2. The van der Waals surface area contributed by atoms with E-state index in [9.17, 15) is 0 Å². The molecule has 0 radical (unpaired) electrons. The van der Waals surface area contributed by atoms with E-state index in [0.29, 0.717) is 6.04 Å². The van der Waals surface area contributed by atoms with E-state index < -0.39 is 0 Å². The Balaban J connectivity index is 2.04. The first-order valence-electron chi connectivity index (χ1n) is 6.77. The second-order valence-corrected chi connectivity index (χ2v) is 4.99. The molecule has 0 saturated heterocycles. The molecule has 1 aromatic heterocycles. The molecule has 1 aliphatic carbocycles. The Morgan fingerprint density at radius 1 is 1.41 bits per heavy atom. The summed E-state index contributed by atoms with van der Waals surface area (Å²) in [6.45, 7) is 1.73. The molecule has 0 atom stereocenters. The van der Waals surface area contributed by atoms with Crippen molar-refractivity contribution in [3.05, 3.63) is 12.4 Å². The Morgan fingerprint density at radius 3 is 2.88 bits per heavy atom. The molecule has 1 fully saturated rings. The SMILES string of the molecule is CN(CCCN)c1nccn1C1CCCCC1. The summed E-state index contributed by atoms with van der Waals surface area (Å²) in [5.74, 6) is 1.10. The van der Waals surface area contributed by atoms with Gasteiger partial charge in [-0.2, -0.15) is 0 Å². The number of nitrogens with zero attached hydrogens (tertiary/aromatic N) is 3. The monoisotopic (exact) mass is 236 g/mol. The molecule has 1 aliphatic rings. The number of nitrogens with two attached hydrogens (primary N) is 1. The predicted molar refractivity (Wildman–Crippen MR) is 71.3 cm³/mol. The highest BCUT2D eigenvalue weighted by atomic mass is 15.3. The Morgan fingerprint density at radius 2 is 2.18 bits per heavy atom. The molecule has 0 spiro atoms. The molecule has 17 heavy (non-hydrogen) atoms. The van der Waals surface area contributed by atoms with Crippen LogP contribution in [0.1, 0.15) is 44.6 Å². The Kier molecular flexibility index (Phi) is 4.42. The topological polar surface area (TPSA) is 47.1 Å². The third kappa shape index (κ3) is 3.00. The first kappa shape index (κ1) is 12.4. The summed E-state index contributed by atoms with van der Waals surface area (Å²) in [6.07, 6.45) is 11.8. The lowest BCUT2D eigenvalue weighted by molar-refractivity contribution is 0.353. The molecular formula is C13H24N4. The maximum atomic E-state index is 5.56. The van der Waals surface area contributed by atoms with Gasteiger partial charge >= 0.3 is 0 Å². The summed E-state index contributed by atoms with van der Waals surface area (Å²) >= 11 is 0. The number of imidazole rings is 1. The Labute approximate surface area is 104 Å². The first-order valence-corrected chi connectivity index (χ1v) is 6.77. The third-order valence-electron chi connectivity index (χ3n) is 3.66. The van der Waals surface area contributed by atoms with Gasteiger partial charge in [0, 0.05) is 32.0 Å². The van der Waals surface area contributed by atoms with Crippen molar-refractivity contribution in [1.29, 1.82) is 0 Å². The zero-order valence-electron chi connectivity index (χ0n) is 10.8. The molecule has 2 rings (SSSR count). The van der Waals surface area contributed by atoms with Crippen LogP contribution in [-0.4, -0.2) is 29.7 Å². The maximum absolute atomic E-state index is 5.56. The lowest BCUT2D eigenvalue weighted by atomic mass is 9.95. The summed E-state index contributed by atoms with van der Waals surface area (Å²) in [7, 11) is 2.11. The van der Waals surface area contributed by atoms with E-state index in [1.165, 1.54) is 32.1 Å². The minimum Gasteiger partial charge on any atom is -0.345 e. The zero-order valence-corrected chi connectivity index (χ0v) is 10.8. The molecule has 0 bridgehead atoms. The van der Waals surface area contributed by atoms with E-state index in [4.69, 9.17) is 5.73 Å². The largest absolute Gasteiger partial charge is 0.345 e. The lowest BCUT2D eigenvalue weighted by Gasteiger charge is -2.27. The van der Waals surface area contributed by atoms with E-state index in [1.54, 1.807) is 0 Å². The molecule has 4 nitrogen and oxygen atoms in total. The molecule has 0 aromatic carbocycles. The van der Waals surface area contributed by atoms with Crippen molar-refractivity contribution >= 4 is 5.95 Å². The summed E-state index contributed by atoms with van der Waals surface area (Å²) in [6, 6.07) is 0.654. The van der Waals surface area contributed by atoms with Gasteiger partial charge in [0.15, 0.2) is 0 Å². The molecule has 96 valence electrons. The Bertz CT molecular complexity index is 328. The fraction of sp³-hybridized carbons (Fsp3) is 0.769. The highest BCUT2D eigenvalue weighted by molar-refractivity contribution is 5.30. The minimum absolute atomic E-state index is 0.654. The minimum atomic E-state index is 0.654. The van der Waals surface area contributed by atoms with Gasteiger partial charge in [-0.25, -0.2) is 4.98 Å². The van der Waals surface area contributed by atoms with Crippen LogP contribution in [0.5, 0.6) is 0 Å². The summed E-state index contributed by atoms with van der Waals surface area (Å²) < 4.78 is 2.36. The molecule has 2 N–H and O–H groups in total. The standard InChI is InChI=1S/C13H24N4/c1-16(10-5-8-14)13-15-9-11-17(13)12-6-3-2-4-7-12/h9,11-12H,2-8,10,14H2,1H3. The molecule has 4 heteroatoms. The van der Waals surface area contributed by atoms with Gasteiger partial charge in [-0.1, -0.05) is 19.3 Å².